The number of benzene rings is 1. The summed E-state index contributed by atoms with van der Waals surface area (Å²) in [6, 6.07) is 9.86. The smallest absolute Gasteiger partial charge is 0.0873 e. The fraction of sp³-hybridized carbons (Fsp3) is 0. The number of hydrazine groups is 1. The maximum absolute atomic E-state index is 5.24. The molecular weight excluding hydrogens is 164 g/mol. The zero-order valence-corrected chi connectivity index (χ0v) is 7.01. The highest BCUT2D eigenvalue weighted by atomic mass is 15.3. The van der Waals surface area contributed by atoms with Gasteiger partial charge in [0.05, 0.1) is 23.8 Å². The Labute approximate surface area is 76.0 Å². The Morgan fingerprint density at radius 1 is 1.23 bits per heavy atom. The molecule has 66 valence electrons. The molecule has 0 fully saturated rings. The molecule has 1 heterocycles. The maximum atomic E-state index is 5.24. The number of nitrogens with zero attached hydrogens (tertiary/aromatic N) is 2. The molecule has 2 rings (SSSR count). The predicted octanol–water partition coefficient (Wildman–Crippen LogP) is 1.16. The Kier molecular flexibility index (Phi) is 1.97. The van der Waals surface area contributed by atoms with Crippen LogP contribution in [-0.2, 0) is 0 Å². The summed E-state index contributed by atoms with van der Waals surface area (Å²) in [5.74, 6) is 5.24. The number of anilines is 1. The van der Waals surface area contributed by atoms with Crippen molar-refractivity contribution < 1.29 is 0 Å². The summed E-state index contributed by atoms with van der Waals surface area (Å²) in [4.78, 5) is 0. The predicted molar refractivity (Wildman–Crippen MR) is 51.4 cm³/mol. The van der Waals surface area contributed by atoms with Gasteiger partial charge in [0.2, 0.25) is 0 Å². The first-order valence-corrected chi connectivity index (χ1v) is 3.97. The van der Waals surface area contributed by atoms with Crippen molar-refractivity contribution in [1.29, 1.82) is 0 Å². The molecule has 4 heteroatoms. The third kappa shape index (κ3) is 1.52. The summed E-state index contributed by atoms with van der Waals surface area (Å²) < 4.78 is 1.76. The van der Waals surface area contributed by atoms with E-state index in [1.54, 1.807) is 10.9 Å². The molecule has 0 spiro atoms. The van der Waals surface area contributed by atoms with Gasteiger partial charge in [-0.2, -0.15) is 5.10 Å². The Morgan fingerprint density at radius 3 is 2.62 bits per heavy atom. The van der Waals surface area contributed by atoms with Gasteiger partial charge in [0.1, 0.15) is 0 Å². The van der Waals surface area contributed by atoms with Crippen molar-refractivity contribution >= 4 is 5.69 Å². The van der Waals surface area contributed by atoms with Crippen LogP contribution >= 0.6 is 0 Å². The van der Waals surface area contributed by atoms with Crippen LogP contribution in [0.4, 0.5) is 5.69 Å². The minimum absolute atomic E-state index is 0.795. The fourth-order valence-corrected chi connectivity index (χ4v) is 1.12. The van der Waals surface area contributed by atoms with E-state index in [1.165, 1.54) is 0 Å². The van der Waals surface area contributed by atoms with E-state index in [9.17, 15) is 0 Å². The molecule has 0 unspecified atom stereocenters. The van der Waals surface area contributed by atoms with Gasteiger partial charge in [0, 0.05) is 0 Å². The lowest BCUT2D eigenvalue weighted by Gasteiger charge is -1.98. The number of nitrogens with two attached hydrogens (primary N) is 1. The molecular formula is C9H10N4. The Morgan fingerprint density at radius 2 is 2.00 bits per heavy atom. The summed E-state index contributed by atoms with van der Waals surface area (Å²) in [5.41, 5.74) is 4.35. The number of hydrogen-bond acceptors (Lipinski definition) is 3. The molecule has 0 aliphatic rings. The average molecular weight is 174 g/mol. The van der Waals surface area contributed by atoms with Gasteiger partial charge in [-0.15, -0.1) is 0 Å². The molecule has 3 N–H and O–H groups in total. The summed E-state index contributed by atoms with van der Waals surface area (Å²) in [6.45, 7) is 0. The largest absolute Gasteiger partial charge is 0.321 e. The monoisotopic (exact) mass is 174 g/mol. The summed E-state index contributed by atoms with van der Waals surface area (Å²) in [7, 11) is 0. The first-order chi connectivity index (χ1) is 6.40. The van der Waals surface area contributed by atoms with Crippen LogP contribution in [0.3, 0.4) is 0 Å². The molecule has 0 saturated carbocycles. The van der Waals surface area contributed by atoms with Crippen molar-refractivity contribution in [3.8, 4) is 5.69 Å². The van der Waals surface area contributed by atoms with Crippen molar-refractivity contribution in [2.75, 3.05) is 5.43 Å². The summed E-state index contributed by atoms with van der Waals surface area (Å²) >= 11 is 0. The lowest BCUT2D eigenvalue weighted by atomic mass is 10.3. The average Bonchev–Trinajstić information content (AvgIpc) is 2.67. The lowest BCUT2D eigenvalue weighted by Crippen LogP contribution is -2.05. The zero-order valence-electron chi connectivity index (χ0n) is 7.01. The molecule has 1 aromatic heterocycles. The van der Waals surface area contributed by atoms with Gasteiger partial charge in [-0.3, -0.25) is 5.84 Å². The molecule has 0 saturated heterocycles. The maximum Gasteiger partial charge on any atom is 0.0873 e. The molecule has 0 aliphatic carbocycles. The number of aromatic nitrogens is 2. The van der Waals surface area contributed by atoms with Gasteiger partial charge in [0.15, 0.2) is 0 Å². The molecule has 0 radical (unpaired) electrons. The van der Waals surface area contributed by atoms with Gasteiger partial charge in [0.25, 0.3) is 0 Å². The van der Waals surface area contributed by atoms with Crippen LogP contribution < -0.4 is 11.3 Å². The number of para-hydroxylation sites is 1. The molecule has 13 heavy (non-hydrogen) atoms. The fourth-order valence-electron chi connectivity index (χ4n) is 1.12. The van der Waals surface area contributed by atoms with E-state index in [1.807, 2.05) is 36.5 Å². The highest BCUT2D eigenvalue weighted by molar-refractivity contribution is 5.40. The number of nitrogens with one attached hydrogen (secondary N) is 1. The molecule has 0 atom stereocenters. The Hall–Kier alpha value is -1.81. The highest BCUT2D eigenvalue weighted by Crippen LogP contribution is 2.09. The second kappa shape index (κ2) is 3.28. The first kappa shape index (κ1) is 7.82. The first-order valence-electron chi connectivity index (χ1n) is 3.97. The van der Waals surface area contributed by atoms with E-state index >= 15 is 0 Å². The number of nitrogen functional groups attached to an aromatic ring is 1. The van der Waals surface area contributed by atoms with Crippen LogP contribution in [0.25, 0.3) is 5.69 Å². The second-order valence-electron chi connectivity index (χ2n) is 2.65. The number of rotatable bonds is 2. The molecule has 2 aromatic rings. The van der Waals surface area contributed by atoms with E-state index in [2.05, 4.69) is 10.5 Å². The van der Waals surface area contributed by atoms with Crippen molar-refractivity contribution in [1.82, 2.24) is 9.78 Å². The van der Waals surface area contributed by atoms with Crippen LogP contribution in [0.2, 0.25) is 0 Å². The van der Waals surface area contributed by atoms with Crippen molar-refractivity contribution in [2.24, 2.45) is 5.84 Å². The highest BCUT2D eigenvalue weighted by Gasteiger charge is 1.97. The quantitative estimate of drug-likeness (QED) is 0.530. The standard InChI is InChI=1S/C9H10N4/c10-12-8-6-11-13(7-8)9-4-2-1-3-5-9/h1-7,12H,10H2. The van der Waals surface area contributed by atoms with Gasteiger partial charge < -0.3 is 5.43 Å². The topological polar surface area (TPSA) is 55.9 Å². The Bertz CT molecular complexity index is 380. The minimum Gasteiger partial charge on any atom is -0.321 e. The molecule has 4 nitrogen and oxygen atoms in total. The third-order valence-corrected chi connectivity index (χ3v) is 1.77. The normalized spacial score (nSPS) is 9.92. The van der Waals surface area contributed by atoms with Crippen LogP contribution in [0.5, 0.6) is 0 Å². The van der Waals surface area contributed by atoms with Crippen molar-refractivity contribution in [2.45, 2.75) is 0 Å². The van der Waals surface area contributed by atoms with E-state index in [0.29, 0.717) is 0 Å². The molecule has 0 amide bonds. The van der Waals surface area contributed by atoms with E-state index in [4.69, 9.17) is 5.84 Å². The lowest BCUT2D eigenvalue weighted by molar-refractivity contribution is 0.880. The third-order valence-electron chi connectivity index (χ3n) is 1.77. The van der Waals surface area contributed by atoms with Crippen molar-refractivity contribution in [3.05, 3.63) is 42.7 Å². The van der Waals surface area contributed by atoms with E-state index in [0.717, 1.165) is 11.4 Å². The summed E-state index contributed by atoms with van der Waals surface area (Å²) in [6.07, 6.45) is 3.50. The van der Waals surface area contributed by atoms with Crippen LogP contribution in [0, 0.1) is 0 Å². The molecule has 0 aliphatic heterocycles. The van der Waals surface area contributed by atoms with Crippen LogP contribution in [0.15, 0.2) is 42.7 Å². The van der Waals surface area contributed by atoms with E-state index < -0.39 is 0 Å². The van der Waals surface area contributed by atoms with Gasteiger partial charge >= 0.3 is 0 Å². The SMILES string of the molecule is NNc1cnn(-c2ccccc2)c1. The van der Waals surface area contributed by atoms with Gasteiger partial charge in [-0.1, -0.05) is 18.2 Å². The van der Waals surface area contributed by atoms with Crippen LogP contribution in [0.1, 0.15) is 0 Å². The zero-order chi connectivity index (χ0) is 9.10. The minimum atomic E-state index is 0.795. The second-order valence-corrected chi connectivity index (χ2v) is 2.65. The van der Waals surface area contributed by atoms with Crippen LogP contribution in [-0.4, -0.2) is 9.78 Å². The van der Waals surface area contributed by atoms with E-state index in [-0.39, 0.29) is 0 Å². The number of hydrogen-bond donors (Lipinski definition) is 2. The molecule has 0 bridgehead atoms. The van der Waals surface area contributed by atoms with Gasteiger partial charge in [-0.05, 0) is 12.1 Å². The van der Waals surface area contributed by atoms with Gasteiger partial charge in [-0.25, -0.2) is 4.68 Å². The Balaban J connectivity index is 2.36. The van der Waals surface area contributed by atoms with Crippen molar-refractivity contribution in [3.63, 3.8) is 0 Å². The molecule has 1 aromatic carbocycles. The summed E-state index contributed by atoms with van der Waals surface area (Å²) in [5, 5.41) is 4.13.